The number of hydrogen-bond donors (Lipinski definition) is 0. The number of rotatable bonds is 3. The summed E-state index contributed by atoms with van der Waals surface area (Å²) in [5, 5.41) is 0. The maximum Gasteiger partial charge on any atom is 0.507 e. The number of carbonyl (C=O) groups excluding carboxylic acids is 1. The Morgan fingerprint density at radius 1 is 1.33 bits per heavy atom. The fraction of sp³-hybridized carbons (Fsp3) is 0.750. The van der Waals surface area contributed by atoms with Gasteiger partial charge >= 0.3 is 6.16 Å². The topological polar surface area (TPSA) is 35.5 Å². The number of hydrogen-bond acceptors (Lipinski definition) is 3. The van der Waals surface area contributed by atoms with Crippen molar-refractivity contribution in [3.63, 3.8) is 0 Å². The van der Waals surface area contributed by atoms with Crippen LogP contribution in [0.2, 0.25) is 0 Å². The summed E-state index contributed by atoms with van der Waals surface area (Å²) in [5.41, 5.74) is 0. The lowest BCUT2D eigenvalue weighted by molar-refractivity contribution is 0.0517. The van der Waals surface area contributed by atoms with Crippen molar-refractivity contribution in [1.82, 2.24) is 0 Å². The molecule has 0 spiro atoms. The van der Waals surface area contributed by atoms with Crippen LogP contribution < -0.4 is 0 Å². The van der Waals surface area contributed by atoms with Crippen LogP contribution in [0.5, 0.6) is 0 Å². The van der Waals surface area contributed by atoms with Gasteiger partial charge in [-0.25, -0.2) is 4.79 Å². The molecule has 3 heteroatoms. The first-order valence-corrected chi connectivity index (χ1v) is 5.40. The highest BCUT2D eigenvalue weighted by Gasteiger charge is 2.21. The van der Waals surface area contributed by atoms with Gasteiger partial charge in [-0.05, 0) is 37.5 Å². The Bertz CT molecular complexity index is 234. The van der Waals surface area contributed by atoms with Crippen molar-refractivity contribution in [3.05, 3.63) is 0 Å². The quantitative estimate of drug-likeness (QED) is 0.530. The summed E-state index contributed by atoms with van der Waals surface area (Å²) in [7, 11) is 1.33. The number of terminal acetylenes is 1. The largest absolute Gasteiger partial charge is 0.507 e. The Morgan fingerprint density at radius 3 is 2.47 bits per heavy atom. The molecule has 0 aromatic carbocycles. The van der Waals surface area contributed by atoms with E-state index in [1.165, 1.54) is 7.11 Å². The first kappa shape index (κ1) is 11.9. The predicted molar refractivity (Wildman–Crippen MR) is 57.3 cm³/mol. The molecule has 0 unspecified atom stereocenters. The third-order valence-corrected chi connectivity index (χ3v) is 2.98. The average Bonchev–Trinajstić information content (AvgIpc) is 2.28. The van der Waals surface area contributed by atoms with Crippen LogP contribution in [0.4, 0.5) is 4.79 Å². The summed E-state index contributed by atoms with van der Waals surface area (Å²) < 4.78 is 9.34. The lowest BCUT2D eigenvalue weighted by Gasteiger charge is -2.26. The lowest BCUT2D eigenvalue weighted by Crippen LogP contribution is -2.20. The fourth-order valence-corrected chi connectivity index (χ4v) is 2.01. The van der Waals surface area contributed by atoms with E-state index in [0.717, 1.165) is 32.1 Å². The van der Waals surface area contributed by atoms with Gasteiger partial charge in [0, 0.05) is 6.42 Å². The molecule has 0 saturated heterocycles. The van der Waals surface area contributed by atoms with Gasteiger partial charge in [0.15, 0.2) is 0 Å². The first-order valence-electron chi connectivity index (χ1n) is 5.40. The monoisotopic (exact) mass is 210 g/mol. The van der Waals surface area contributed by atoms with E-state index >= 15 is 0 Å². The highest BCUT2D eigenvalue weighted by Crippen LogP contribution is 2.30. The summed E-state index contributed by atoms with van der Waals surface area (Å²) in [6.45, 7) is 0.482. The molecule has 0 aliphatic heterocycles. The molecule has 0 radical (unpaired) electrons. The van der Waals surface area contributed by atoms with Gasteiger partial charge in [-0.15, -0.1) is 12.3 Å². The van der Waals surface area contributed by atoms with Crippen LogP contribution in [-0.4, -0.2) is 19.9 Å². The molecule has 1 rings (SSSR count). The molecule has 0 bridgehead atoms. The molecule has 0 N–H and O–H groups in total. The molecule has 0 aromatic rings. The molecular weight excluding hydrogens is 192 g/mol. The Kier molecular flexibility index (Phi) is 5.03. The van der Waals surface area contributed by atoms with E-state index in [0.29, 0.717) is 18.4 Å². The summed E-state index contributed by atoms with van der Waals surface area (Å²) in [5.74, 6) is 3.86. The highest BCUT2D eigenvalue weighted by atomic mass is 16.7. The third kappa shape index (κ3) is 4.24. The summed E-state index contributed by atoms with van der Waals surface area (Å²) in [6.07, 6.45) is 10.1. The smallest absolute Gasteiger partial charge is 0.438 e. The van der Waals surface area contributed by atoms with Crippen LogP contribution in [0, 0.1) is 24.2 Å². The standard InChI is InChI=1S/C12H18O3/c1-3-4-10-5-7-11(8-6-10)9-15-12(13)14-2/h1,10-11H,4-9H2,2H3. The zero-order valence-electron chi connectivity index (χ0n) is 9.20. The maximum absolute atomic E-state index is 10.8. The zero-order valence-corrected chi connectivity index (χ0v) is 9.20. The van der Waals surface area contributed by atoms with Crippen LogP contribution in [0.15, 0.2) is 0 Å². The molecule has 0 aromatic heterocycles. The minimum absolute atomic E-state index is 0.482. The minimum Gasteiger partial charge on any atom is -0.438 e. The van der Waals surface area contributed by atoms with Crippen molar-refractivity contribution in [2.24, 2.45) is 11.8 Å². The van der Waals surface area contributed by atoms with Crippen molar-refractivity contribution in [2.45, 2.75) is 32.1 Å². The van der Waals surface area contributed by atoms with Crippen LogP contribution >= 0.6 is 0 Å². The van der Waals surface area contributed by atoms with E-state index in [9.17, 15) is 4.79 Å². The van der Waals surface area contributed by atoms with Crippen LogP contribution in [0.3, 0.4) is 0 Å². The van der Waals surface area contributed by atoms with Gasteiger partial charge in [0.25, 0.3) is 0 Å². The van der Waals surface area contributed by atoms with Crippen LogP contribution in [-0.2, 0) is 9.47 Å². The molecule has 1 aliphatic rings. The molecule has 0 atom stereocenters. The van der Waals surface area contributed by atoms with E-state index in [4.69, 9.17) is 11.2 Å². The lowest BCUT2D eigenvalue weighted by atomic mass is 9.81. The van der Waals surface area contributed by atoms with E-state index in [1.807, 2.05) is 0 Å². The second-order valence-electron chi connectivity index (χ2n) is 4.06. The van der Waals surface area contributed by atoms with Crippen molar-refractivity contribution in [1.29, 1.82) is 0 Å². The summed E-state index contributed by atoms with van der Waals surface area (Å²) >= 11 is 0. The minimum atomic E-state index is -0.583. The SMILES string of the molecule is C#CCC1CCC(COC(=O)OC)CC1. The zero-order chi connectivity index (χ0) is 11.1. The predicted octanol–water partition coefficient (Wildman–Crippen LogP) is 2.60. The van der Waals surface area contributed by atoms with E-state index in [1.54, 1.807) is 0 Å². The molecule has 0 amide bonds. The Hall–Kier alpha value is -1.17. The van der Waals surface area contributed by atoms with Gasteiger partial charge in [0.05, 0.1) is 13.7 Å². The number of ether oxygens (including phenoxy) is 2. The number of methoxy groups -OCH3 is 1. The molecular formula is C12H18O3. The van der Waals surface area contributed by atoms with Gasteiger partial charge in [0.2, 0.25) is 0 Å². The van der Waals surface area contributed by atoms with Crippen molar-refractivity contribution < 1.29 is 14.3 Å². The molecule has 0 heterocycles. The number of carbonyl (C=O) groups is 1. The average molecular weight is 210 g/mol. The Labute approximate surface area is 91.1 Å². The third-order valence-electron chi connectivity index (χ3n) is 2.98. The van der Waals surface area contributed by atoms with E-state index in [2.05, 4.69) is 10.7 Å². The maximum atomic E-state index is 10.8. The van der Waals surface area contributed by atoms with Gasteiger partial charge in [-0.2, -0.15) is 0 Å². The van der Waals surface area contributed by atoms with E-state index in [-0.39, 0.29) is 0 Å². The second kappa shape index (κ2) is 6.34. The summed E-state index contributed by atoms with van der Waals surface area (Å²) in [4.78, 5) is 10.8. The molecule has 3 nitrogen and oxygen atoms in total. The highest BCUT2D eigenvalue weighted by molar-refractivity contribution is 5.59. The Morgan fingerprint density at radius 2 is 1.93 bits per heavy atom. The fourth-order valence-electron chi connectivity index (χ4n) is 2.01. The van der Waals surface area contributed by atoms with Gasteiger partial charge in [0.1, 0.15) is 0 Å². The molecule has 1 fully saturated rings. The van der Waals surface area contributed by atoms with Crippen molar-refractivity contribution in [2.75, 3.05) is 13.7 Å². The summed E-state index contributed by atoms with van der Waals surface area (Å²) in [6, 6.07) is 0. The van der Waals surface area contributed by atoms with Gasteiger partial charge in [-0.1, -0.05) is 0 Å². The van der Waals surface area contributed by atoms with E-state index < -0.39 is 6.16 Å². The molecule has 1 saturated carbocycles. The molecule has 84 valence electrons. The van der Waals surface area contributed by atoms with Crippen molar-refractivity contribution >= 4 is 6.16 Å². The van der Waals surface area contributed by atoms with Gasteiger partial charge < -0.3 is 9.47 Å². The van der Waals surface area contributed by atoms with Crippen LogP contribution in [0.1, 0.15) is 32.1 Å². The second-order valence-corrected chi connectivity index (χ2v) is 4.06. The van der Waals surface area contributed by atoms with Crippen molar-refractivity contribution in [3.8, 4) is 12.3 Å². The Balaban J connectivity index is 2.15. The molecule has 15 heavy (non-hydrogen) atoms. The molecule has 1 aliphatic carbocycles. The normalized spacial score (nSPS) is 25.3. The first-order chi connectivity index (χ1) is 7.26. The van der Waals surface area contributed by atoms with Crippen LogP contribution in [0.25, 0.3) is 0 Å². The van der Waals surface area contributed by atoms with Gasteiger partial charge in [-0.3, -0.25) is 0 Å².